The number of hydrogen-bond donors (Lipinski definition) is 1. The molecule has 0 spiro atoms. The molecule has 0 radical (unpaired) electrons. The van der Waals surface area contributed by atoms with Gasteiger partial charge in [0.15, 0.2) is 5.82 Å². The Morgan fingerprint density at radius 3 is 2.71 bits per heavy atom. The second-order valence-electron chi connectivity index (χ2n) is 10.6. The van der Waals surface area contributed by atoms with Gasteiger partial charge in [-0.3, -0.25) is 19.1 Å². The van der Waals surface area contributed by atoms with Gasteiger partial charge in [0.2, 0.25) is 5.91 Å². The van der Waals surface area contributed by atoms with E-state index >= 15 is 4.39 Å². The van der Waals surface area contributed by atoms with Gasteiger partial charge < -0.3 is 5.32 Å². The Morgan fingerprint density at radius 2 is 2.00 bits per heavy atom. The van der Waals surface area contributed by atoms with Crippen molar-refractivity contribution in [3.63, 3.8) is 0 Å². The number of nitrogens with one attached hydrogen (secondary N) is 1. The van der Waals surface area contributed by atoms with Crippen LogP contribution < -0.4 is 10.9 Å². The summed E-state index contributed by atoms with van der Waals surface area (Å²) in [6, 6.07) is 8.51. The number of aromatic nitrogens is 3. The number of hydrogen-bond acceptors (Lipinski definition) is 5. The fourth-order valence-corrected chi connectivity index (χ4v) is 5.90. The van der Waals surface area contributed by atoms with Gasteiger partial charge in [-0.25, -0.2) is 8.76 Å². The van der Waals surface area contributed by atoms with Crippen molar-refractivity contribution in [2.45, 2.75) is 51.9 Å². The maximum atomic E-state index is 15.5. The zero-order valence-corrected chi connectivity index (χ0v) is 22.8. The molecule has 9 heteroatoms. The normalized spacial score (nSPS) is 19.3. The van der Waals surface area contributed by atoms with Crippen molar-refractivity contribution >= 4 is 34.7 Å². The van der Waals surface area contributed by atoms with Crippen LogP contribution in [-0.4, -0.2) is 19.8 Å². The molecular weight excluding hydrogens is 523 g/mol. The maximum Gasteiger partial charge on any atom is 0.274 e. The smallest absolute Gasteiger partial charge is 0.274 e. The lowest BCUT2D eigenvalue weighted by Gasteiger charge is -2.17. The second-order valence-corrected chi connectivity index (χ2v) is 11.7. The molecule has 1 unspecified atom stereocenters. The molecule has 2 aliphatic carbocycles. The highest BCUT2D eigenvalue weighted by Gasteiger charge is 2.45. The summed E-state index contributed by atoms with van der Waals surface area (Å²) in [7, 11) is 0. The number of carbonyl (C=O) groups is 1. The molecule has 2 saturated carbocycles. The average Bonchev–Trinajstić information content (AvgIpc) is 3.80. The van der Waals surface area contributed by atoms with E-state index in [1.165, 1.54) is 17.1 Å². The van der Waals surface area contributed by atoms with E-state index in [-0.39, 0.29) is 33.7 Å². The fraction of sp³-hybridized carbons (Fsp3) is 0.310. The fourth-order valence-electron chi connectivity index (χ4n) is 5.02. The standard InChI is InChI=1S/C29H26ClFN4O2S/c1-15-12-32-23(18-5-4-6-22(26(18)31)34-28(37)29(3)7-8-29)11-24(15)35-16(2)9-21(25(30)27(35)36)20-10-19(20)17-13-33-38-14-17/h4-6,9,11-14,19-20H,7-8,10H2,1-3H3,(H,34,37)/t19?,20-/m1/s1. The van der Waals surface area contributed by atoms with Crippen molar-refractivity contribution in [3.8, 4) is 16.9 Å². The molecule has 1 N–H and O–H groups in total. The summed E-state index contributed by atoms with van der Waals surface area (Å²) >= 11 is 8.09. The van der Waals surface area contributed by atoms with Crippen LogP contribution in [-0.2, 0) is 4.79 Å². The first-order chi connectivity index (χ1) is 18.2. The van der Waals surface area contributed by atoms with Gasteiger partial charge in [-0.2, -0.15) is 0 Å². The third kappa shape index (κ3) is 4.25. The molecule has 6 rings (SSSR count). The van der Waals surface area contributed by atoms with Crippen LogP contribution in [0.25, 0.3) is 16.9 Å². The van der Waals surface area contributed by atoms with Crippen LogP contribution in [0.15, 0.2) is 52.9 Å². The van der Waals surface area contributed by atoms with Gasteiger partial charge >= 0.3 is 0 Å². The van der Waals surface area contributed by atoms with E-state index in [0.717, 1.165) is 36.1 Å². The zero-order chi connectivity index (χ0) is 26.8. The van der Waals surface area contributed by atoms with E-state index in [9.17, 15) is 9.59 Å². The third-order valence-electron chi connectivity index (χ3n) is 7.82. The summed E-state index contributed by atoms with van der Waals surface area (Å²) in [4.78, 5) is 30.5. The molecule has 3 heterocycles. The Kier molecular flexibility index (Phi) is 6.00. The SMILES string of the molecule is Cc1cnc(-c2cccc(NC(=O)C3(C)CC3)c2F)cc1-n1c(C)cc([C@@H]2CC2c2cnsc2)c(Cl)c1=O. The molecule has 0 bridgehead atoms. The van der Waals surface area contributed by atoms with Gasteiger partial charge in [0.25, 0.3) is 5.56 Å². The summed E-state index contributed by atoms with van der Waals surface area (Å²) in [5.41, 5.74) is 4.08. The molecule has 2 fully saturated rings. The monoisotopic (exact) mass is 548 g/mol. The molecule has 0 saturated heterocycles. The molecular formula is C29H26ClFN4O2S. The number of benzene rings is 1. The van der Waals surface area contributed by atoms with Gasteiger partial charge in [-0.15, -0.1) is 0 Å². The van der Waals surface area contributed by atoms with Crippen molar-refractivity contribution in [1.29, 1.82) is 0 Å². The van der Waals surface area contributed by atoms with E-state index in [1.807, 2.05) is 38.4 Å². The van der Waals surface area contributed by atoms with Crippen LogP contribution in [0.2, 0.25) is 5.02 Å². The Morgan fingerprint density at radius 1 is 1.21 bits per heavy atom. The maximum absolute atomic E-state index is 15.5. The predicted octanol–water partition coefficient (Wildman–Crippen LogP) is 6.78. The molecule has 6 nitrogen and oxygen atoms in total. The van der Waals surface area contributed by atoms with Crippen LogP contribution in [0.5, 0.6) is 0 Å². The van der Waals surface area contributed by atoms with E-state index in [1.54, 1.807) is 35.0 Å². The lowest BCUT2D eigenvalue weighted by atomic mass is 10.0. The van der Waals surface area contributed by atoms with Crippen molar-refractivity contribution < 1.29 is 9.18 Å². The van der Waals surface area contributed by atoms with Crippen molar-refractivity contribution in [1.82, 2.24) is 13.9 Å². The topological polar surface area (TPSA) is 76.9 Å². The number of halogens is 2. The highest BCUT2D eigenvalue weighted by atomic mass is 35.5. The molecule has 194 valence electrons. The summed E-state index contributed by atoms with van der Waals surface area (Å²) in [5.74, 6) is -0.226. The van der Waals surface area contributed by atoms with Gasteiger partial charge in [0.05, 0.1) is 17.1 Å². The number of amides is 1. The molecule has 2 aliphatic rings. The summed E-state index contributed by atoms with van der Waals surface area (Å²) in [5, 5.41) is 4.97. The number of aryl methyl sites for hydroxylation is 2. The first-order valence-electron chi connectivity index (χ1n) is 12.6. The van der Waals surface area contributed by atoms with Crippen molar-refractivity contribution in [2.75, 3.05) is 5.32 Å². The van der Waals surface area contributed by atoms with E-state index in [2.05, 4.69) is 14.7 Å². The molecule has 1 aromatic carbocycles. The number of nitrogens with zero attached hydrogens (tertiary/aromatic N) is 3. The third-order valence-corrected chi connectivity index (χ3v) is 8.80. The zero-order valence-electron chi connectivity index (χ0n) is 21.2. The van der Waals surface area contributed by atoms with Crippen LogP contribution in [0.4, 0.5) is 10.1 Å². The minimum absolute atomic E-state index is 0.116. The molecule has 2 atom stereocenters. The second kappa shape index (κ2) is 9.13. The molecule has 0 aliphatic heterocycles. The van der Waals surface area contributed by atoms with Gasteiger partial charge in [0, 0.05) is 34.4 Å². The predicted molar refractivity (Wildman–Crippen MR) is 148 cm³/mol. The van der Waals surface area contributed by atoms with Crippen molar-refractivity contribution in [3.05, 3.63) is 91.7 Å². The van der Waals surface area contributed by atoms with Crippen LogP contribution in [0.3, 0.4) is 0 Å². The highest BCUT2D eigenvalue weighted by molar-refractivity contribution is 7.03. The Bertz CT molecular complexity index is 1650. The summed E-state index contributed by atoms with van der Waals surface area (Å²) in [6.45, 7) is 5.60. The lowest BCUT2D eigenvalue weighted by Crippen LogP contribution is -2.23. The minimum Gasteiger partial charge on any atom is -0.323 e. The molecule has 3 aromatic heterocycles. The summed E-state index contributed by atoms with van der Waals surface area (Å²) < 4.78 is 21.3. The molecule has 38 heavy (non-hydrogen) atoms. The quantitative estimate of drug-likeness (QED) is 0.288. The minimum atomic E-state index is -0.562. The number of carbonyl (C=O) groups excluding carboxylic acids is 1. The van der Waals surface area contributed by atoms with Gasteiger partial charge in [-0.05, 0) is 97.4 Å². The van der Waals surface area contributed by atoms with Gasteiger partial charge in [-0.1, -0.05) is 24.6 Å². The highest BCUT2D eigenvalue weighted by Crippen LogP contribution is 2.56. The number of rotatable bonds is 6. The molecule has 1 amide bonds. The Hall–Kier alpha value is -3.36. The Balaban J connectivity index is 1.36. The van der Waals surface area contributed by atoms with Crippen LogP contribution in [0.1, 0.15) is 60.4 Å². The van der Waals surface area contributed by atoms with Crippen LogP contribution in [0, 0.1) is 25.1 Å². The van der Waals surface area contributed by atoms with E-state index in [0.29, 0.717) is 17.3 Å². The van der Waals surface area contributed by atoms with Crippen molar-refractivity contribution in [2.24, 2.45) is 5.41 Å². The van der Waals surface area contributed by atoms with E-state index < -0.39 is 11.2 Å². The molecule has 4 aromatic rings. The lowest BCUT2D eigenvalue weighted by molar-refractivity contribution is -0.120. The largest absolute Gasteiger partial charge is 0.323 e. The van der Waals surface area contributed by atoms with Crippen LogP contribution >= 0.6 is 23.1 Å². The van der Waals surface area contributed by atoms with E-state index in [4.69, 9.17) is 11.6 Å². The number of anilines is 1. The number of pyridine rings is 2. The Labute approximate surface area is 228 Å². The average molecular weight is 549 g/mol. The first kappa shape index (κ1) is 24.9. The summed E-state index contributed by atoms with van der Waals surface area (Å²) in [6.07, 6.45) is 6.03. The first-order valence-corrected chi connectivity index (χ1v) is 13.8. The van der Waals surface area contributed by atoms with Gasteiger partial charge in [0.1, 0.15) is 5.02 Å².